The molecule has 1 unspecified atom stereocenters. The molecule has 0 aromatic heterocycles. The fraction of sp³-hybridized carbons (Fsp3) is 1.00. The van der Waals surface area contributed by atoms with Crippen LogP contribution in [-0.2, 0) is 0 Å². The lowest BCUT2D eigenvalue weighted by atomic mass is 9.78. The molecule has 2 aliphatic carbocycles. The van der Waals surface area contributed by atoms with Gasteiger partial charge in [0.25, 0.3) is 0 Å². The summed E-state index contributed by atoms with van der Waals surface area (Å²) in [6, 6.07) is 0.813. The highest BCUT2D eigenvalue weighted by atomic mass is 14.9. The Bertz CT molecular complexity index is 178. The molecule has 94 valence electrons. The second kappa shape index (κ2) is 6.64. The molecule has 1 N–H and O–H groups in total. The fourth-order valence-corrected chi connectivity index (χ4v) is 3.46. The van der Waals surface area contributed by atoms with Gasteiger partial charge in [-0.2, -0.15) is 0 Å². The summed E-state index contributed by atoms with van der Waals surface area (Å²) in [5, 5.41) is 3.57. The number of hydrogen-bond acceptors (Lipinski definition) is 1. The van der Waals surface area contributed by atoms with Gasteiger partial charge in [-0.25, -0.2) is 0 Å². The van der Waals surface area contributed by atoms with Crippen molar-refractivity contribution in [3.05, 3.63) is 0 Å². The monoisotopic (exact) mass is 223 g/mol. The zero-order valence-electron chi connectivity index (χ0n) is 11.0. The topological polar surface area (TPSA) is 12.0 Å². The molecule has 0 aromatic carbocycles. The summed E-state index contributed by atoms with van der Waals surface area (Å²) in [4.78, 5) is 0. The van der Waals surface area contributed by atoms with Crippen LogP contribution in [0.3, 0.4) is 0 Å². The Balaban J connectivity index is 1.70. The van der Waals surface area contributed by atoms with Gasteiger partial charge in [0.2, 0.25) is 0 Å². The standard InChI is InChI=1S/C15H29N/c1-16-15(12-14-9-6-10-14)11-13-7-4-2-3-5-8-13/h13-16H,2-12H2,1H3. The second-order valence-electron chi connectivity index (χ2n) is 6.11. The summed E-state index contributed by atoms with van der Waals surface area (Å²) in [6.07, 6.45) is 16.4. The highest BCUT2D eigenvalue weighted by Gasteiger charge is 2.23. The van der Waals surface area contributed by atoms with Crippen LogP contribution in [0, 0.1) is 11.8 Å². The molecule has 2 saturated carbocycles. The Kier molecular flexibility index (Phi) is 5.15. The highest BCUT2D eigenvalue weighted by molar-refractivity contribution is 4.79. The van der Waals surface area contributed by atoms with Crippen LogP contribution in [0.15, 0.2) is 0 Å². The first-order chi connectivity index (χ1) is 7.88. The Hall–Kier alpha value is -0.0400. The lowest BCUT2D eigenvalue weighted by molar-refractivity contribution is 0.240. The van der Waals surface area contributed by atoms with Crippen molar-refractivity contribution in [2.45, 2.75) is 76.7 Å². The Morgan fingerprint density at radius 2 is 1.31 bits per heavy atom. The van der Waals surface area contributed by atoms with Crippen molar-refractivity contribution in [3.63, 3.8) is 0 Å². The molecule has 1 nitrogen and oxygen atoms in total. The Morgan fingerprint density at radius 1 is 0.812 bits per heavy atom. The summed E-state index contributed by atoms with van der Waals surface area (Å²) < 4.78 is 0. The summed E-state index contributed by atoms with van der Waals surface area (Å²) in [6.45, 7) is 0. The van der Waals surface area contributed by atoms with Crippen molar-refractivity contribution in [2.24, 2.45) is 11.8 Å². The van der Waals surface area contributed by atoms with Crippen LogP contribution in [-0.4, -0.2) is 13.1 Å². The fourth-order valence-electron chi connectivity index (χ4n) is 3.46. The van der Waals surface area contributed by atoms with Crippen LogP contribution in [0.25, 0.3) is 0 Å². The van der Waals surface area contributed by atoms with Gasteiger partial charge < -0.3 is 5.32 Å². The highest BCUT2D eigenvalue weighted by Crippen LogP contribution is 2.33. The van der Waals surface area contributed by atoms with Crippen molar-refractivity contribution in [1.29, 1.82) is 0 Å². The van der Waals surface area contributed by atoms with Crippen LogP contribution in [0.5, 0.6) is 0 Å². The van der Waals surface area contributed by atoms with Crippen molar-refractivity contribution in [3.8, 4) is 0 Å². The smallest absolute Gasteiger partial charge is 0.00693 e. The van der Waals surface area contributed by atoms with Crippen LogP contribution in [0.2, 0.25) is 0 Å². The van der Waals surface area contributed by atoms with Gasteiger partial charge in [-0.15, -0.1) is 0 Å². The van der Waals surface area contributed by atoms with E-state index in [1.165, 1.54) is 70.6 Å². The van der Waals surface area contributed by atoms with Crippen LogP contribution >= 0.6 is 0 Å². The third-order valence-electron chi connectivity index (χ3n) is 4.84. The van der Waals surface area contributed by atoms with E-state index in [0.717, 1.165) is 17.9 Å². The van der Waals surface area contributed by atoms with E-state index in [0.29, 0.717) is 0 Å². The van der Waals surface area contributed by atoms with E-state index in [4.69, 9.17) is 0 Å². The lowest BCUT2D eigenvalue weighted by Gasteiger charge is -2.31. The molecule has 0 heterocycles. The Morgan fingerprint density at radius 3 is 1.69 bits per heavy atom. The van der Waals surface area contributed by atoms with Crippen molar-refractivity contribution >= 4 is 0 Å². The molecule has 0 bridgehead atoms. The quantitative estimate of drug-likeness (QED) is 0.691. The van der Waals surface area contributed by atoms with Gasteiger partial charge in [0, 0.05) is 6.04 Å². The van der Waals surface area contributed by atoms with E-state index in [1.807, 2.05) is 0 Å². The van der Waals surface area contributed by atoms with E-state index in [1.54, 1.807) is 0 Å². The minimum atomic E-state index is 0.813. The van der Waals surface area contributed by atoms with Gasteiger partial charge in [0.05, 0.1) is 0 Å². The van der Waals surface area contributed by atoms with Crippen molar-refractivity contribution < 1.29 is 0 Å². The average molecular weight is 223 g/mol. The average Bonchev–Trinajstić information content (AvgIpc) is 2.50. The van der Waals surface area contributed by atoms with E-state index in [9.17, 15) is 0 Å². The molecule has 1 heteroatoms. The molecule has 2 rings (SSSR count). The molecule has 0 amide bonds. The van der Waals surface area contributed by atoms with Gasteiger partial charge in [0.15, 0.2) is 0 Å². The SMILES string of the molecule is CNC(CC1CCCCCC1)CC1CCC1. The minimum absolute atomic E-state index is 0.813. The van der Waals surface area contributed by atoms with Gasteiger partial charge in [-0.05, 0) is 31.7 Å². The van der Waals surface area contributed by atoms with E-state index < -0.39 is 0 Å². The molecule has 2 fully saturated rings. The largest absolute Gasteiger partial charge is 0.317 e. The maximum Gasteiger partial charge on any atom is 0.00693 e. The molecule has 0 aliphatic heterocycles. The van der Waals surface area contributed by atoms with E-state index in [2.05, 4.69) is 12.4 Å². The zero-order chi connectivity index (χ0) is 11.2. The normalized spacial score (nSPS) is 26.1. The molecule has 1 atom stereocenters. The number of hydrogen-bond donors (Lipinski definition) is 1. The summed E-state index contributed by atoms with van der Waals surface area (Å²) in [7, 11) is 2.17. The molecular weight excluding hydrogens is 194 g/mol. The number of rotatable bonds is 5. The summed E-state index contributed by atoms with van der Waals surface area (Å²) in [5.41, 5.74) is 0. The summed E-state index contributed by atoms with van der Waals surface area (Å²) in [5.74, 6) is 2.09. The predicted octanol–water partition coefficient (Wildman–Crippen LogP) is 4.13. The molecule has 0 aromatic rings. The van der Waals surface area contributed by atoms with Gasteiger partial charge in [0.1, 0.15) is 0 Å². The van der Waals surface area contributed by atoms with Gasteiger partial charge in [-0.3, -0.25) is 0 Å². The maximum absolute atomic E-state index is 3.57. The Labute approximate surface area is 101 Å². The molecule has 0 spiro atoms. The van der Waals surface area contributed by atoms with Gasteiger partial charge in [-0.1, -0.05) is 57.8 Å². The molecular formula is C15H29N. The van der Waals surface area contributed by atoms with Crippen LogP contribution in [0.1, 0.15) is 70.6 Å². The van der Waals surface area contributed by atoms with Crippen LogP contribution < -0.4 is 5.32 Å². The first-order valence-corrected chi connectivity index (χ1v) is 7.55. The predicted molar refractivity (Wildman–Crippen MR) is 70.6 cm³/mol. The molecule has 0 saturated heterocycles. The first-order valence-electron chi connectivity index (χ1n) is 7.55. The van der Waals surface area contributed by atoms with Crippen LogP contribution in [0.4, 0.5) is 0 Å². The maximum atomic E-state index is 3.57. The van der Waals surface area contributed by atoms with Gasteiger partial charge >= 0.3 is 0 Å². The molecule has 0 radical (unpaired) electrons. The minimum Gasteiger partial charge on any atom is -0.317 e. The van der Waals surface area contributed by atoms with E-state index in [-0.39, 0.29) is 0 Å². The lowest BCUT2D eigenvalue weighted by Crippen LogP contribution is -2.32. The zero-order valence-corrected chi connectivity index (χ0v) is 11.0. The third-order valence-corrected chi connectivity index (χ3v) is 4.84. The van der Waals surface area contributed by atoms with Crippen molar-refractivity contribution in [2.75, 3.05) is 7.05 Å². The summed E-state index contributed by atoms with van der Waals surface area (Å²) >= 11 is 0. The second-order valence-corrected chi connectivity index (χ2v) is 6.11. The molecule has 2 aliphatic rings. The number of nitrogens with one attached hydrogen (secondary N) is 1. The van der Waals surface area contributed by atoms with Crippen molar-refractivity contribution in [1.82, 2.24) is 5.32 Å². The van der Waals surface area contributed by atoms with E-state index >= 15 is 0 Å². The molecule has 16 heavy (non-hydrogen) atoms. The first kappa shape index (κ1) is 12.4. The third kappa shape index (κ3) is 3.76.